The summed E-state index contributed by atoms with van der Waals surface area (Å²) in [6, 6.07) is 15.7. The van der Waals surface area contributed by atoms with Crippen LogP contribution in [0.1, 0.15) is 11.3 Å². The molecule has 2 nitrogen and oxygen atoms in total. The van der Waals surface area contributed by atoms with Crippen molar-refractivity contribution < 1.29 is 17.6 Å². The fraction of sp³-hybridized carbons (Fsp3) is 0.111. The van der Waals surface area contributed by atoms with Crippen LogP contribution >= 0.6 is 11.6 Å². The fourth-order valence-electron chi connectivity index (χ4n) is 2.23. The van der Waals surface area contributed by atoms with E-state index in [1.54, 1.807) is 30.3 Å². The molecule has 0 radical (unpaired) electrons. The van der Waals surface area contributed by atoms with Gasteiger partial charge in [0.1, 0.15) is 11.5 Å². The number of halogens is 4. The standard InChI is InChI=1S/C18H13ClF3NO/c19-14-4-6-15(7-5-14)23-11-16-8-9-17(24-16)12-2-1-3-13(10-12)18(20,21)22/h1-10,23H,11H2. The minimum Gasteiger partial charge on any atom is -0.459 e. The van der Waals surface area contributed by atoms with E-state index in [1.165, 1.54) is 6.07 Å². The molecule has 1 heterocycles. The van der Waals surface area contributed by atoms with Crippen LogP contribution in [0.15, 0.2) is 65.1 Å². The molecular weight excluding hydrogens is 339 g/mol. The van der Waals surface area contributed by atoms with Gasteiger partial charge in [-0.3, -0.25) is 0 Å². The molecule has 124 valence electrons. The fourth-order valence-corrected chi connectivity index (χ4v) is 2.36. The molecule has 0 spiro atoms. The average Bonchev–Trinajstić information content (AvgIpc) is 3.03. The first-order valence-corrected chi connectivity index (χ1v) is 7.55. The molecule has 0 aliphatic carbocycles. The molecule has 1 aromatic heterocycles. The second kappa shape index (κ2) is 6.61. The van der Waals surface area contributed by atoms with Gasteiger partial charge in [0.25, 0.3) is 0 Å². The molecule has 0 saturated heterocycles. The normalized spacial score (nSPS) is 11.5. The number of hydrogen-bond acceptors (Lipinski definition) is 2. The van der Waals surface area contributed by atoms with Crippen molar-refractivity contribution >= 4 is 17.3 Å². The Kier molecular flexibility index (Phi) is 4.53. The van der Waals surface area contributed by atoms with Crippen molar-refractivity contribution in [3.63, 3.8) is 0 Å². The van der Waals surface area contributed by atoms with Crippen molar-refractivity contribution in [3.05, 3.63) is 77.0 Å². The summed E-state index contributed by atoms with van der Waals surface area (Å²) in [6.45, 7) is 0.417. The Bertz CT molecular complexity index is 825. The van der Waals surface area contributed by atoms with Gasteiger partial charge in [0.15, 0.2) is 0 Å². The Balaban J connectivity index is 1.72. The number of benzene rings is 2. The Morgan fingerprint density at radius 1 is 0.958 bits per heavy atom. The van der Waals surface area contributed by atoms with Crippen LogP contribution in [0.25, 0.3) is 11.3 Å². The number of rotatable bonds is 4. The van der Waals surface area contributed by atoms with E-state index in [0.29, 0.717) is 28.7 Å². The first-order valence-electron chi connectivity index (χ1n) is 7.17. The summed E-state index contributed by atoms with van der Waals surface area (Å²) in [5.41, 5.74) is 0.566. The quantitative estimate of drug-likeness (QED) is 0.602. The van der Waals surface area contributed by atoms with Crippen molar-refractivity contribution in [2.24, 2.45) is 0 Å². The number of anilines is 1. The number of hydrogen-bond donors (Lipinski definition) is 1. The molecule has 0 atom stereocenters. The van der Waals surface area contributed by atoms with E-state index in [0.717, 1.165) is 17.8 Å². The lowest BCUT2D eigenvalue weighted by Gasteiger charge is -2.07. The Morgan fingerprint density at radius 3 is 2.42 bits per heavy atom. The number of alkyl halides is 3. The SMILES string of the molecule is FC(F)(F)c1cccc(-c2ccc(CNc3ccc(Cl)cc3)o2)c1. The van der Waals surface area contributed by atoms with Crippen molar-refractivity contribution in [1.29, 1.82) is 0 Å². The van der Waals surface area contributed by atoms with Gasteiger partial charge in [-0.1, -0.05) is 23.7 Å². The van der Waals surface area contributed by atoms with Gasteiger partial charge < -0.3 is 9.73 Å². The maximum atomic E-state index is 12.8. The van der Waals surface area contributed by atoms with E-state index < -0.39 is 11.7 Å². The molecule has 0 fully saturated rings. The van der Waals surface area contributed by atoms with Crippen LogP contribution in [-0.2, 0) is 12.7 Å². The summed E-state index contributed by atoms with van der Waals surface area (Å²) >= 11 is 5.82. The summed E-state index contributed by atoms with van der Waals surface area (Å²) in [5, 5.41) is 3.80. The van der Waals surface area contributed by atoms with E-state index in [-0.39, 0.29) is 0 Å². The van der Waals surface area contributed by atoms with Gasteiger partial charge in [-0.15, -0.1) is 0 Å². The van der Waals surface area contributed by atoms with Crippen LogP contribution in [0.5, 0.6) is 0 Å². The third-order valence-electron chi connectivity index (χ3n) is 3.45. The molecule has 0 aliphatic heterocycles. The third-order valence-corrected chi connectivity index (χ3v) is 3.70. The van der Waals surface area contributed by atoms with E-state index in [9.17, 15) is 13.2 Å². The first-order chi connectivity index (χ1) is 11.4. The van der Waals surface area contributed by atoms with Crippen molar-refractivity contribution in [1.82, 2.24) is 0 Å². The summed E-state index contributed by atoms with van der Waals surface area (Å²) in [5.74, 6) is 1.02. The summed E-state index contributed by atoms with van der Waals surface area (Å²) in [4.78, 5) is 0. The molecule has 0 saturated carbocycles. The highest BCUT2D eigenvalue weighted by molar-refractivity contribution is 6.30. The van der Waals surface area contributed by atoms with Crippen molar-refractivity contribution in [2.75, 3.05) is 5.32 Å². The predicted octanol–water partition coefficient (Wildman–Crippen LogP) is 6.23. The van der Waals surface area contributed by atoms with E-state index in [1.807, 2.05) is 12.1 Å². The smallest absolute Gasteiger partial charge is 0.416 e. The lowest BCUT2D eigenvalue weighted by molar-refractivity contribution is -0.137. The minimum atomic E-state index is -4.37. The predicted molar refractivity (Wildman–Crippen MR) is 87.9 cm³/mol. The first kappa shape index (κ1) is 16.5. The molecular formula is C18H13ClF3NO. The highest BCUT2D eigenvalue weighted by atomic mass is 35.5. The molecule has 0 aliphatic rings. The van der Waals surface area contributed by atoms with Crippen LogP contribution in [0.4, 0.5) is 18.9 Å². The molecule has 3 rings (SSSR count). The van der Waals surface area contributed by atoms with Gasteiger partial charge in [-0.25, -0.2) is 0 Å². The molecule has 0 amide bonds. The van der Waals surface area contributed by atoms with Gasteiger partial charge in [0, 0.05) is 16.3 Å². The van der Waals surface area contributed by atoms with Gasteiger partial charge in [-0.2, -0.15) is 13.2 Å². The second-order valence-electron chi connectivity index (χ2n) is 5.20. The molecule has 24 heavy (non-hydrogen) atoms. The number of furan rings is 1. The average molecular weight is 352 g/mol. The molecule has 3 aromatic rings. The van der Waals surface area contributed by atoms with Crippen LogP contribution in [0.3, 0.4) is 0 Å². The highest BCUT2D eigenvalue weighted by Crippen LogP contribution is 2.32. The highest BCUT2D eigenvalue weighted by Gasteiger charge is 2.30. The maximum absolute atomic E-state index is 12.8. The maximum Gasteiger partial charge on any atom is 0.416 e. The largest absolute Gasteiger partial charge is 0.459 e. The van der Waals surface area contributed by atoms with Gasteiger partial charge in [-0.05, 0) is 48.5 Å². The van der Waals surface area contributed by atoms with Crippen LogP contribution in [-0.4, -0.2) is 0 Å². The zero-order chi connectivity index (χ0) is 17.2. The number of nitrogens with one attached hydrogen (secondary N) is 1. The minimum absolute atomic E-state index is 0.391. The summed E-state index contributed by atoms with van der Waals surface area (Å²) in [7, 11) is 0. The lowest BCUT2D eigenvalue weighted by Crippen LogP contribution is -2.04. The molecule has 2 aromatic carbocycles. The van der Waals surface area contributed by atoms with E-state index in [2.05, 4.69) is 5.32 Å². The summed E-state index contributed by atoms with van der Waals surface area (Å²) in [6.07, 6.45) is -4.37. The van der Waals surface area contributed by atoms with Gasteiger partial charge in [0.2, 0.25) is 0 Å². The van der Waals surface area contributed by atoms with Crippen molar-refractivity contribution in [2.45, 2.75) is 12.7 Å². The lowest BCUT2D eigenvalue weighted by atomic mass is 10.1. The van der Waals surface area contributed by atoms with Crippen LogP contribution < -0.4 is 5.32 Å². The van der Waals surface area contributed by atoms with Crippen LogP contribution in [0, 0.1) is 0 Å². The Morgan fingerprint density at radius 2 is 1.71 bits per heavy atom. The van der Waals surface area contributed by atoms with Gasteiger partial charge in [0.05, 0.1) is 12.1 Å². The molecule has 1 N–H and O–H groups in total. The molecule has 0 unspecified atom stereocenters. The third kappa shape index (κ3) is 3.92. The second-order valence-corrected chi connectivity index (χ2v) is 5.64. The monoisotopic (exact) mass is 351 g/mol. The zero-order valence-electron chi connectivity index (χ0n) is 12.4. The Labute approximate surface area is 141 Å². The Hall–Kier alpha value is -2.40. The van der Waals surface area contributed by atoms with E-state index in [4.69, 9.17) is 16.0 Å². The van der Waals surface area contributed by atoms with Crippen LogP contribution in [0.2, 0.25) is 5.02 Å². The summed E-state index contributed by atoms with van der Waals surface area (Å²) < 4.78 is 44.0. The van der Waals surface area contributed by atoms with Gasteiger partial charge >= 0.3 is 6.18 Å². The zero-order valence-corrected chi connectivity index (χ0v) is 13.2. The molecule has 0 bridgehead atoms. The van der Waals surface area contributed by atoms with E-state index >= 15 is 0 Å². The van der Waals surface area contributed by atoms with Crippen molar-refractivity contribution in [3.8, 4) is 11.3 Å². The molecule has 6 heteroatoms. The topological polar surface area (TPSA) is 25.2 Å².